The second kappa shape index (κ2) is 10.0. The van der Waals surface area contributed by atoms with Gasteiger partial charge >= 0.3 is 0 Å². The number of ether oxygens (including phenoxy) is 2. The van der Waals surface area contributed by atoms with Crippen LogP contribution in [0.2, 0.25) is 0 Å². The molecule has 2 aromatic carbocycles. The highest BCUT2D eigenvalue weighted by Gasteiger charge is 2.08. The van der Waals surface area contributed by atoms with Crippen LogP contribution in [0.15, 0.2) is 47.5 Å². The van der Waals surface area contributed by atoms with Gasteiger partial charge in [0.2, 0.25) is 5.91 Å². The fourth-order valence-corrected chi connectivity index (χ4v) is 2.25. The third-order valence-electron chi connectivity index (χ3n) is 3.33. The molecular weight excluding hydrogens is 351 g/mol. The Bertz CT molecular complexity index is 811. The fraction of sp³-hybridized carbons (Fsp3) is 0.263. The van der Waals surface area contributed by atoms with Crippen LogP contribution < -0.4 is 25.8 Å². The summed E-state index contributed by atoms with van der Waals surface area (Å²) >= 11 is 0. The van der Waals surface area contributed by atoms with Gasteiger partial charge in [-0.3, -0.25) is 4.79 Å². The molecule has 0 unspecified atom stereocenters. The van der Waals surface area contributed by atoms with E-state index < -0.39 is 11.7 Å². The monoisotopic (exact) mass is 374 g/mol. The Morgan fingerprint density at radius 2 is 1.89 bits per heavy atom. The van der Waals surface area contributed by atoms with E-state index in [4.69, 9.17) is 15.2 Å². The van der Waals surface area contributed by atoms with Gasteiger partial charge in [0, 0.05) is 11.8 Å². The third-order valence-corrected chi connectivity index (χ3v) is 3.33. The summed E-state index contributed by atoms with van der Waals surface area (Å²) in [5, 5.41) is 5.45. The molecule has 0 atom stereocenters. The number of nitrogens with two attached hydrogens (primary N) is 1. The van der Waals surface area contributed by atoms with E-state index in [0.717, 1.165) is 0 Å². The number of halogens is 1. The Morgan fingerprint density at radius 1 is 1.11 bits per heavy atom. The molecule has 7 nitrogen and oxygen atoms in total. The standard InChI is InChI=1S/C19H23FN4O3/c1-3-26-15-8-9-17(27-4-2)16(11-15)24-19(21)22-12-18(25)23-14-7-5-6-13(20)10-14/h5-11H,3-4,12H2,1-2H3,(H,23,25)(H3,21,22,24). The van der Waals surface area contributed by atoms with Gasteiger partial charge in [0.25, 0.3) is 0 Å². The predicted octanol–water partition coefficient (Wildman–Crippen LogP) is 2.99. The number of aliphatic imine (C=N–C) groups is 1. The average molecular weight is 374 g/mol. The van der Waals surface area contributed by atoms with Gasteiger partial charge in [-0.1, -0.05) is 6.07 Å². The van der Waals surface area contributed by atoms with Crippen LogP contribution in [0.1, 0.15) is 13.8 Å². The van der Waals surface area contributed by atoms with Crippen molar-refractivity contribution in [2.24, 2.45) is 10.7 Å². The smallest absolute Gasteiger partial charge is 0.246 e. The van der Waals surface area contributed by atoms with Crippen molar-refractivity contribution in [3.8, 4) is 11.5 Å². The zero-order valence-electron chi connectivity index (χ0n) is 15.3. The van der Waals surface area contributed by atoms with E-state index in [1.54, 1.807) is 24.3 Å². The van der Waals surface area contributed by atoms with Crippen molar-refractivity contribution in [2.45, 2.75) is 13.8 Å². The summed E-state index contributed by atoms with van der Waals surface area (Å²) in [4.78, 5) is 15.9. The van der Waals surface area contributed by atoms with Gasteiger partial charge in [-0.25, -0.2) is 9.38 Å². The molecule has 0 aliphatic heterocycles. The highest BCUT2D eigenvalue weighted by molar-refractivity contribution is 5.97. The minimum atomic E-state index is -0.435. The number of benzene rings is 2. The van der Waals surface area contributed by atoms with Crippen molar-refractivity contribution in [1.82, 2.24) is 0 Å². The average Bonchev–Trinajstić information content (AvgIpc) is 2.62. The minimum Gasteiger partial charge on any atom is -0.494 e. The van der Waals surface area contributed by atoms with Crippen LogP contribution in [0.3, 0.4) is 0 Å². The Morgan fingerprint density at radius 3 is 2.59 bits per heavy atom. The molecule has 0 bridgehead atoms. The summed E-state index contributed by atoms with van der Waals surface area (Å²) in [5.74, 6) is 0.427. The van der Waals surface area contributed by atoms with Gasteiger partial charge in [-0.2, -0.15) is 0 Å². The van der Waals surface area contributed by atoms with E-state index in [1.165, 1.54) is 18.2 Å². The summed E-state index contributed by atoms with van der Waals surface area (Å²) in [6, 6.07) is 10.9. The molecule has 0 aliphatic carbocycles. The van der Waals surface area contributed by atoms with Crippen LogP contribution in [-0.4, -0.2) is 31.6 Å². The molecule has 144 valence electrons. The number of guanidine groups is 1. The van der Waals surface area contributed by atoms with E-state index in [0.29, 0.717) is 36.1 Å². The second-order valence-corrected chi connectivity index (χ2v) is 5.41. The Labute approximate surface area is 157 Å². The van der Waals surface area contributed by atoms with Crippen molar-refractivity contribution in [3.63, 3.8) is 0 Å². The number of anilines is 2. The molecule has 0 radical (unpaired) electrons. The van der Waals surface area contributed by atoms with Crippen LogP contribution in [0.5, 0.6) is 11.5 Å². The molecule has 27 heavy (non-hydrogen) atoms. The van der Waals surface area contributed by atoms with Crippen molar-refractivity contribution in [1.29, 1.82) is 0 Å². The number of nitrogens with one attached hydrogen (secondary N) is 2. The number of hydrogen-bond donors (Lipinski definition) is 3. The lowest BCUT2D eigenvalue weighted by Gasteiger charge is -2.14. The lowest BCUT2D eigenvalue weighted by Crippen LogP contribution is -2.25. The van der Waals surface area contributed by atoms with E-state index in [9.17, 15) is 9.18 Å². The summed E-state index contributed by atoms with van der Waals surface area (Å²) in [6.45, 7) is 4.54. The normalized spacial score (nSPS) is 11.0. The molecule has 4 N–H and O–H groups in total. The number of carbonyl (C=O) groups excluding carboxylic acids is 1. The molecule has 2 rings (SSSR count). The number of hydrogen-bond acceptors (Lipinski definition) is 4. The molecule has 0 saturated heterocycles. The molecular formula is C19H23FN4O3. The molecule has 0 fully saturated rings. The maximum Gasteiger partial charge on any atom is 0.246 e. The molecule has 0 spiro atoms. The van der Waals surface area contributed by atoms with Gasteiger partial charge in [-0.05, 0) is 44.2 Å². The van der Waals surface area contributed by atoms with Crippen LogP contribution >= 0.6 is 0 Å². The van der Waals surface area contributed by atoms with Gasteiger partial charge < -0.3 is 25.8 Å². The molecule has 0 aromatic heterocycles. The number of rotatable bonds is 8. The molecule has 8 heteroatoms. The Kier molecular flexibility index (Phi) is 7.42. The first-order chi connectivity index (χ1) is 13.0. The first-order valence-corrected chi connectivity index (χ1v) is 8.53. The van der Waals surface area contributed by atoms with Crippen LogP contribution in [0.25, 0.3) is 0 Å². The largest absolute Gasteiger partial charge is 0.494 e. The zero-order valence-corrected chi connectivity index (χ0v) is 15.3. The van der Waals surface area contributed by atoms with Crippen molar-refractivity contribution >= 4 is 23.2 Å². The van der Waals surface area contributed by atoms with Crippen molar-refractivity contribution in [2.75, 3.05) is 30.4 Å². The van der Waals surface area contributed by atoms with Crippen LogP contribution in [0, 0.1) is 5.82 Å². The molecule has 2 aromatic rings. The summed E-state index contributed by atoms with van der Waals surface area (Å²) in [6.07, 6.45) is 0. The van der Waals surface area contributed by atoms with Gasteiger partial charge in [-0.15, -0.1) is 0 Å². The number of carbonyl (C=O) groups is 1. The summed E-state index contributed by atoms with van der Waals surface area (Å²) in [7, 11) is 0. The molecule has 0 heterocycles. The first kappa shape index (κ1) is 20.0. The highest BCUT2D eigenvalue weighted by atomic mass is 19.1. The Hall–Kier alpha value is -3.29. The van der Waals surface area contributed by atoms with Gasteiger partial charge in [0.15, 0.2) is 5.96 Å². The first-order valence-electron chi connectivity index (χ1n) is 8.53. The van der Waals surface area contributed by atoms with Crippen molar-refractivity contribution in [3.05, 3.63) is 48.3 Å². The van der Waals surface area contributed by atoms with Crippen LogP contribution in [0.4, 0.5) is 15.8 Å². The van der Waals surface area contributed by atoms with E-state index >= 15 is 0 Å². The number of nitrogens with zero attached hydrogens (tertiary/aromatic N) is 1. The SMILES string of the molecule is CCOc1ccc(OCC)c(NC(N)=NCC(=O)Nc2cccc(F)c2)c1. The predicted molar refractivity (Wildman–Crippen MR) is 104 cm³/mol. The molecule has 1 amide bonds. The van der Waals surface area contributed by atoms with Gasteiger partial charge in [0.1, 0.15) is 23.9 Å². The zero-order chi connectivity index (χ0) is 19.6. The highest BCUT2D eigenvalue weighted by Crippen LogP contribution is 2.29. The lowest BCUT2D eigenvalue weighted by molar-refractivity contribution is -0.114. The molecule has 0 aliphatic rings. The van der Waals surface area contributed by atoms with Crippen molar-refractivity contribution < 1.29 is 18.7 Å². The Balaban J connectivity index is 2.01. The minimum absolute atomic E-state index is 0.0407. The summed E-state index contributed by atoms with van der Waals surface area (Å²) < 4.78 is 24.1. The topological polar surface area (TPSA) is 98.0 Å². The molecule has 0 saturated carbocycles. The van der Waals surface area contributed by atoms with Crippen LogP contribution in [-0.2, 0) is 4.79 Å². The quantitative estimate of drug-likeness (QED) is 0.487. The lowest BCUT2D eigenvalue weighted by atomic mass is 10.2. The second-order valence-electron chi connectivity index (χ2n) is 5.41. The third kappa shape index (κ3) is 6.50. The van der Waals surface area contributed by atoms with E-state index in [2.05, 4.69) is 15.6 Å². The van der Waals surface area contributed by atoms with E-state index in [1.807, 2.05) is 13.8 Å². The maximum atomic E-state index is 13.1. The van der Waals surface area contributed by atoms with Gasteiger partial charge in [0.05, 0.1) is 18.9 Å². The fourth-order valence-electron chi connectivity index (χ4n) is 2.25. The summed E-state index contributed by atoms with van der Waals surface area (Å²) in [5.41, 5.74) is 6.79. The number of amides is 1. The van der Waals surface area contributed by atoms with E-state index in [-0.39, 0.29) is 12.5 Å². The maximum absolute atomic E-state index is 13.1.